The number of ether oxygens (including phenoxy) is 1. The van der Waals surface area contributed by atoms with Gasteiger partial charge in [0.1, 0.15) is 17.9 Å². The first-order chi connectivity index (χ1) is 11.8. The molecule has 0 bridgehead atoms. The van der Waals surface area contributed by atoms with E-state index in [1.165, 1.54) is 5.56 Å². The highest BCUT2D eigenvalue weighted by Gasteiger charge is 2.07. The van der Waals surface area contributed by atoms with Crippen LogP contribution in [0.1, 0.15) is 11.1 Å². The van der Waals surface area contributed by atoms with Crippen molar-refractivity contribution >= 4 is 11.1 Å². The highest BCUT2D eigenvalue weighted by atomic mass is 16.5. The van der Waals surface area contributed by atoms with Gasteiger partial charge in [0.15, 0.2) is 5.58 Å². The number of aryl methyl sites for hydroxylation is 1. The molecule has 0 saturated carbocycles. The van der Waals surface area contributed by atoms with Crippen molar-refractivity contribution in [3.05, 3.63) is 83.9 Å². The Kier molecular flexibility index (Phi) is 3.75. The molecule has 0 spiro atoms. The van der Waals surface area contributed by atoms with E-state index in [1.807, 2.05) is 48.5 Å². The lowest BCUT2D eigenvalue weighted by Gasteiger charge is -2.07. The van der Waals surface area contributed by atoms with Crippen LogP contribution in [-0.2, 0) is 6.61 Å². The van der Waals surface area contributed by atoms with E-state index in [0.717, 1.165) is 28.0 Å². The molecule has 3 heteroatoms. The zero-order valence-electron chi connectivity index (χ0n) is 13.4. The van der Waals surface area contributed by atoms with Crippen LogP contribution in [0.25, 0.3) is 22.6 Å². The molecule has 0 amide bonds. The fourth-order valence-corrected chi connectivity index (χ4v) is 2.54. The first-order valence-corrected chi connectivity index (χ1v) is 7.92. The summed E-state index contributed by atoms with van der Waals surface area (Å²) in [6.45, 7) is 2.64. The molecular weight excluding hydrogens is 298 g/mol. The predicted octanol–water partition coefficient (Wildman–Crippen LogP) is 5.38. The molecule has 0 aliphatic carbocycles. The molecule has 4 aromatic rings. The van der Waals surface area contributed by atoms with E-state index in [2.05, 4.69) is 36.2 Å². The molecule has 0 fully saturated rings. The Morgan fingerprint density at radius 1 is 0.875 bits per heavy atom. The van der Waals surface area contributed by atoms with E-state index >= 15 is 0 Å². The maximum atomic E-state index is 5.83. The highest BCUT2D eigenvalue weighted by molar-refractivity contribution is 5.76. The Hall–Kier alpha value is -3.07. The van der Waals surface area contributed by atoms with Gasteiger partial charge in [0, 0.05) is 5.56 Å². The second-order valence-electron chi connectivity index (χ2n) is 5.79. The van der Waals surface area contributed by atoms with Crippen molar-refractivity contribution in [1.82, 2.24) is 4.98 Å². The molecule has 1 heterocycles. The summed E-state index contributed by atoms with van der Waals surface area (Å²) in [7, 11) is 0. The van der Waals surface area contributed by atoms with Gasteiger partial charge in [-0.15, -0.1) is 0 Å². The molecule has 3 aromatic carbocycles. The Balaban J connectivity index is 1.48. The van der Waals surface area contributed by atoms with Crippen molar-refractivity contribution in [2.75, 3.05) is 0 Å². The maximum absolute atomic E-state index is 5.83. The number of hydrogen-bond donors (Lipinski definition) is 0. The second kappa shape index (κ2) is 6.20. The van der Waals surface area contributed by atoms with E-state index < -0.39 is 0 Å². The lowest BCUT2D eigenvalue weighted by Crippen LogP contribution is -1.95. The standard InChI is InChI=1S/C21H17NO2/c1-15-6-8-16(9-7-15)14-23-18-12-10-17(11-13-18)21-22-19-4-2-3-5-20(19)24-21/h2-13H,14H2,1H3. The maximum Gasteiger partial charge on any atom is 0.227 e. The lowest BCUT2D eigenvalue weighted by atomic mass is 10.2. The van der Waals surface area contributed by atoms with Crippen LogP contribution in [0.15, 0.2) is 77.2 Å². The summed E-state index contributed by atoms with van der Waals surface area (Å²) < 4.78 is 11.6. The number of oxazole rings is 1. The fraction of sp³-hybridized carbons (Fsp3) is 0.0952. The molecule has 0 aliphatic rings. The average molecular weight is 315 g/mol. The molecule has 3 nitrogen and oxygen atoms in total. The SMILES string of the molecule is Cc1ccc(COc2ccc(-c3nc4ccccc4o3)cc2)cc1. The number of benzene rings is 3. The molecule has 0 unspecified atom stereocenters. The van der Waals surface area contributed by atoms with Gasteiger partial charge in [-0.25, -0.2) is 4.98 Å². The van der Waals surface area contributed by atoms with Crippen LogP contribution >= 0.6 is 0 Å². The van der Waals surface area contributed by atoms with E-state index in [-0.39, 0.29) is 0 Å². The van der Waals surface area contributed by atoms with Crippen LogP contribution in [0.2, 0.25) is 0 Å². The minimum absolute atomic E-state index is 0.558. The second-order valence-corrected chi connectivity index (χ2v) is 5.79. The van der Waals surface area contributed by atoms with Crippen LogP contribution in [0.5, 0.6) is 5.75 Å². The van der Waals surface area contributed by atoms with Gasteiger partial charge in [0.05, 0.1) is 0 Å². The molecular formula is C21H17NO2. The third-order valence-electron chi connectivity index (χ3n) is 3.92. The number of hydrogen-bond acceptors (Lipinski definition) is 3. The monoisotopic (exact) mass is 315 g/mol. The third-order valence-corrected chi connectivity index (χ3v) is 3.92. The summed E-state index contributed by atoms with van der Waals surface area (Å²) in [6, 6.07) is 23.9. The van der Waals surface area contributed by atoms with Crippen LogP contribution < -0.4 is 4.74 Å². The summed E-state index contributed by atoms with van der Waals surface area (Å²) in [5, 5.41) is 0. The van der Waals surface area contributed by atoms with Gasteiger partial charge in [-0.2, -0.15) is 0 Å². The van der Waals surface area contributed by atoms with Crippen molar-refractivity contribution in [2.24, 2.45) is 0 Å². The van der Waals surface area contributed by atoms with Crippen LogP contribution in [-0.4, -0.2) is 4.98 Å². The predicted molar refractivity (Wildman–Crippen MR) is 95.0 cm³/mol. The normalized spacial score (nSPS) is 10.9. The van der Waals surface area contributed by atoms with Crippen LogP contribution in [0, 0.1) is 6.92 Å². The van der Waals surface area contributed by atoms with Gasteiger partial charge < -0.3 is 9.15 Å². The minimum Gasteiger partial charge on any atom is -0.489 e. The van der Waals surface area contributed by atoms with Crippen LogP contribution in [0.3, 0.4) is 0 Å². The molecule has 24 heavy (non-hydrogen) atoms. The number of nitrogens with zero attached hydrogens (tertiary/aromatic N) is 1. The molecule has 0 saturated heterocycles. The van der Waals surface area contributed by atoms with E-state index in [1.54, 1.807) is 0 Å². The van der Waals surface area contributed by atoms with Gasteiger partial charge in [0.25, 0.3) is 0 Å². The zero-order chi connectivity index (χ0) is 16.4. The van der Waals surface area contributed by atoms with Crippen molar-refractivity contribution in [2.45, 2.75) is 13.5 Å². The summed E-state index contributed by atoms with van der Waals surface area (Å²) in [4.78, 5) is 4.51. The van der Waals surface area contributed by atoms with Gasteiger partial charge in [-0.05, 0) is 48.9 Å². The number of fused-ring (bicyclic) bond motifs is 1. The summed E-state index contributed by atoms with van der Waals surface area (Å²) in [6.07, 6.45) is 0. The molecule has 0 atom stereocenters. The zero-order valence-corrected chi connectivity index (χ0v) is 13.4. The van der Waals surface area contributed by atoms with Crippen molar-refractivity contribution in [3.63, 3.8) is 0 Å². The molecule has 4 rings (SSSR count). The lowest BCUT2D eigenvalue weighted by molar-refractivity contribution is 0.306. The van der Waals surface area contributed by atoms with Gasteiger partial charge >= 0.3 is 0 Å². The number of rotatable bonds is 4. The van der Waals surface area contributed by atoms with E-state index in [4.69, 9.17) is 9.15 Å². The molecule has 1 aromatic heterocycles. The van der Waals surface area contributed by atoms with Gasteiger partial charge in [0.2, 0.25) is 5.89 Å². The first-order valence-electron chi connectivity index (χ1n) is 7.92. The summed E-state index contributed by atoms with van der Waals surface area (Å²) >= 11 is 0. The summed E-state index contributed by atoms with van der Waals surface area (Å²) in [5.74, 6) is 1.46. The largest absolute Gasteiger partial charge is 0.489 e. The van der Waals surface area contributed by atoms with Crippen molar-refractivity contribution in [1.29, 1.82) is 0 Å². The number of aromatic nitrogens is 1. The smallest absolute Gasteiger partial charge is 0.227 e. The minimum atomic E-state index is 0.558. The van der Waals surface area contributed by atoms with Crippen molar-refractivity contribution < 1.29 is 9.15 Å². The first kappa shape index (κ1) is 14.5. The third kappa shape index (κ3) is 3.01. The molecule has 118 valence electrons. The van der Waals surface area contributed by atoms with Gasteiger partial charge in [-0.1, -0.05) is 42.0 Å². The quantitative estimate of drug-likeness (QED) is 0.507. The Morgan fingerprint density at radius 3 is 2.38 bits per heavy atom. The number of para-hydroxylation sites is 2. The van der Waals surface area contributed by atoms with Crippen LogP contribution in [0.4, 0.5) is 0 Å². The average Bonchev–Trinajstić information content (AvgIpc) is 3.06. The molecule has 0 N–H and O–H groups in total. The van der Waals surface area contributed by atoms with Gasteiger partial charge in [-0.3, -0.25) is 0 Å². The summed E-state index contributed by atoms with van der Waals surface area (Å²) in [5.41, 5.74) is 5.01. The van der Waals surface area contributed by atoms with Crippen molar-refractivity contribution in [3.8, 4) is 17.2 Å². The Morgan fingerprint density at radius 2 is 1.62 bits per heavy atom. The fourth-order valence-electron chi connectivity index (χ4n) is 2.54. The van der Waals surface area contributed by atoms with E-state index in [9.17, 15) is 0 Å². The Bertz CT molecular complexity index is 920. The molecule has 0 radical (unpaired) electrons. The topological polar surface area (TPSA) is 35.3 Å². The van der Waals surface area contributed by atoms with E-state index in [0.29, 0.717) is 12.5 Å². The highest BCUT2D eigenvalue weighted by Crippen LogP contribution is 2.26. The molecule has 0 aliphatic heterocycles. The Labute approximate surface area is 140 Å².